The van der Waals surface area contributed by atoms with E-state index in [0.717, 1.165) is 23.3 Å². The number of hydrogen-bond acceptors (Lipinski definition) is 5. The van der Waals surface area contributed by atoms with E-state index in [4.69, 9.17) is 4.74 Å². The minimum absolute atomic E-state index is 0.144. The molecular formula is C13H20N2O2S. The number of nitrogens with zero attached hydrogens (tertiary/aromatic N) is 1. The largest absolute Gasteiger partial charge is 0.466 e. The minimum Gasteiger partial charge on any atom is -0.466 e. The van der Waals surface area contributed by atoms with Gasteiger partial charge in [-0.25, -0.2) is 4.98 Å². The maximum absolute atomic E-state index is 11.2. The van der Waals surface area contributed by atoms with Gasteiger partial charge in [0.25, 0.3) is 0 Å². The number of hydrogen-bond donors (Lipinski definition) is 1. The van der Waals surface area contributed by atoms with Crippen molar-refractivity contribution in [1.29, 1.82) is 0 Å². The first-order valence-electron chi connectivity index (χ1n) is 6.62. The Balaban J connectivity index is 1.69. The van der Waals surface area contributed by atoms with Crippen molar-refractivity contribution in [2.24, 2.45) is 5.92 Å². The molecule has 1 aliphatic carbocycles. The van der Waals surface area contributed by atoms with E-state index in [9.17, 15) is 4.79 Å². The molecule has 1 saturated carbocycles. The average molecular weight is 268 g/mol. The summed E-state index contributed by atoms with van der Waals surface area (Å²) in [7, 11) is 0. The highest BCUT2D eigenvalue weighted by Crippen LogP contribution is 2.27. The van der Waals surface area contributed by atoms with Crippen LogP contribution in [0.25, 0.3) is 0 Å². The van der Waals surface area contributed by atoms with Crippen LogP contribution in [0.2, 0.25) is 0 Å². The third-order valence-electron chi connectivity index (χ3n) is 3.21. The Kier molecular flexibility index (Phi) is 4.99. The molecule has 100 valence electrons. The Labute approximate surface area is 112 Å². The number of thiazole rings is 1. The molecule has 1 aromatic heterocycles. The summed E-state index contributed by atoms with van der Waals surface area (Å²) in [4.78, 5) is 15.7. The summed E-state index contributed by atoms with van der Waals surface area (Å²) >= 11 is 1.62. The summed E-state index contributed by atoms with van der Waals surface area (Å²) in [5.41, 5.74) is 0.976. The van der Waals surface area contributed by atoms with Crippen molar-refractivity contribution in [3.63, 3.8) is 0 Å². The molecule has 5 heteroatoms. The van der Waals surface area contributed by atoms with Gasteiger partial charge in [-0.2, -0.15) is 0 Å². The topological polar surface area (TPSA) is 51.2 Å². The number of carbonyl (C=O) groups excluding carboxylic acids is 1. The van der Waals surface area contributed by atoms with E-state index in [2.05, 4.69) is 10.3 Å². The fourth-order valence-corrected chi connectivity index (χ4v) is 2.65. The van der Waals surface area contributed by atoms with Crippen molar-refractivity contribution in [3.05, 3.63) is 11.1 Å². The van der Waals surface area contributed by atoms with Crippen LogP contribution >= 0.6 is 11.3 Å². The Morgan fingerprint density at radius 1 is 1.61 bits per heavy atom. The Hall–Kier alpha value is -1.10. The van der Waals surface area contributed by atoms with Crippen molar-refractivity contribution < 1.29 is 9.53 Å². The number of nitrogens with one attached hydrogen (secondary N) is 1. The van der Waals surface area contributed by atoms with E-state index in [0.29, 0.717) is 19.4 Å². The highest BCUT2D eigenvalue weighted by molar-refractivity contribution is 7.13. The summed E-state index contributed by atoms with van der Waals surface area (Å²) in [5, 5.41) is 6.36. The van der Waals surface area contributed by atoms with Gasteiger partial charge in [0.05, 0.1) is 18.7 Å². The predicted octanol–water partition coefficient (Wildman–Crippen LogP) is 2.85. The Morgan fingerprint density at radius 3 is 3.11 bits per heavy atom. The second-order valence-corrected chi connectivity index (χ2v) is 5.48. The van der Waals surface area contributed by atoms with Gasteiger partial charge in [0, 0.05) is 18.3 Å². The second kappa shape index (κ2) is 6.73. The molecule has 2 rings (SSSR count). The average Bonchev–Trinajstić information content (AvgIpc) is 2.73. The maximum atomic E-state index is 11.2. The van der Waals surface area contributed by atoms with Crippen molar-refractivity contribution in [3.8, 4) is 0 Å². The first-order valence-corrected chi connectivity index (χ1v) is 7.49. The van der Waals surface area contributed by atoms with Crippen LogP contribution in [0.5, 0.6) is 0 Å². The number of carbonyl (C=O) groups is 1. The van der Waals surface area contributed by atoms with E-state index in [-0.39, 0.29) is 5.97 Å². The van der Waals surface area contributed by atoms with E-state index < -0.39 is 0 Å². The number of esters is 1. The summed E-state index contributed by atoms with van der Waals surface area (Å²) in [5.74, 6) is 0.686. The van der Waals surface area contributed by atoms with Gasteiger partial charge in [-0.05, 0) is 25.7 Å². The molecule has 0 spiro atoms. The second-order valence-electron chi connectivity index (χ2n) is 4.63. The number of ether oxygens (including phenoxy) is 1. The lowest BCUT2D eigenvalue weighted by Gasteiger charge is -2.25. The number of anilines is 1. The van der Waals surface area contributed by atoms with Gasteiger partial charge in [-0.3, -0.25) is 4.79 Å². The molecule has 18 heavy (non-hydrogen) atoms. The van der Waals surface area contributed by atoms with Crippen LogP contribution < -0.4 is 5.32 Å². The van der Waals surface area contributed by atoms with Gasteiger partial charge in [0.2, 0.25) is 0 Å². The zero-order valence-corrected chi connectivity index (χ0v) is 11.6. The van der Waals surface area contributed by atoms with Crippen LogP contribution in [0.3, 0.4) is 0 Å². The van der Waals surface area contributed by atoms with Crippen LogP contribution in [-0.2, 0) is 16.0 Å². The highest BCUT2D eigenvalue weighted by atomic mass is 32.1. The van der Waals surface area contributed by atoms with Crippen molar-refractivity contribution in [1.82, 2.24) is 4.98 Å². The summed E-state index contributed by atoms with van der Waals surface area (Å²) in [6, 6.07) is 0. The molecule has 1 fully saturated rings. The molecule has 0 atom stereocenters. The van der Waals surface area contributed by atoms with Crippen LogP contribution in [0, 0.1) is 5.92 Å². The highest BCUT2D eigenvalue weighted by Gasteiger charge is 2.17. The molecule has 0 bridgehead atoms. The SMILES string of the molecule is CCOC(=O)CCc1csc(NCC2CCC2)n1. The summed E-state index contributed by atoms with van der Waals surface area (Å²) < 4.78 is 4.89. The van der Waals surface area contributed by atoms with Crippen molar-refractivity contribution >= 4 is 22.4 Å². The molecule has 1 N–H and O–H groups in total. The number of rotatable bonds is 7. The monoisotopic (exact) mass is 268 g/mol. The van der Waals surface area contributed by atoms with E-state index in [1.54, 1.807) is 11.3 Å². The third kappa shape index (κ3) is 3.98. The quantitative estimate of drug-likeness (QED) is 0.773. The molecule has 0 aromatic carbocycles. The summed E-state index contributed by atoms with van der Waals surface area (Å²) in [6.45, 7) is 3.30. The molecule has 1 aromatic rings. The number of aryl methyl sites for hydroxylation is 1. The molecular weight excluding hydrogens is 248 g/mol. The normalized spacial score (nSPS) is 15.2. The molecule has 0 aliphatic heterocycles. The Bertz CT molecular complexity index is 388. The maximum Gasteiger partial charge on any atom is 0.306 e. The molecule has 0 unspecified atom stereocenters. The van der Waals surface area contributed by atoms with Crippen molar-refractivity contribution in [2.75, 3.05) is 18.5 Å². The van der Waals surface area contributed by atoms with E-state index in [1.165, 1.54) is 19.3 Å². The molecule has 4 nitrogen and oxygen atoms in total. The lowest BCUT2D eigenvalue weighted by atomic mass is 9.86. The van der Waals surface area contributed by atoms with Gasteiger partial charge in [-0.1, -0.05) is 6.42 Å². The predicted molar refractivity (Wildman–Crippen MR) is 72.9 cm³/mol. The van der Waals surface area contributed by atoms with Crippen LogP contribution in [0.4, 0.5) is 5.13 Å². The van der Waals surface area contributed by atoms with Gasteiger partial charge in [-0.15, -0.1) is 11.3 Å². The molecule has 0 amide bonds. The van der Waals surface area contributed by atoms with Crippen LogP contribution in [0.1, 0.15) is 38.3 Å². The lowest BCUT2D eigenvalue weighted by molar-refractivity contribution is -0.143. The Morgan fingerprint density at radius 2 is 2.44 bits per heavy atom. The fraction of sp³-hybridized carbons (Fsp3) is 0.692. The van der Waals surface area contributed by atoms with Crippen molar-refractivity contribution in [2.45, 2.75) is 39.0 Å². The molecule has 1 aliphatic rings. The fourth-order valence-electron chi connectivity index (χ4n) is 1.89. The molecule has 0 radical (unpaired) electrons. The van der Waals surface area contributed by atoms with Crippen LogP contribution in [-0.4, -0.2) is 24.1 Å². The number of aromatic nitrogens is 1. The smallest absolute Gasteiger partial charge is 0.306 e. The molecule has 0 saturated heterocycles. The molecule has 1 heterocycles. The lowest BCUT2D eigenvalue weighted by Crippen LogP contribution is -2.20. The first kappa shape index (κ1) is 13.3. The zero-order chi connectivity index (χ0) is 12.8. The standard InChI is InChI=1S/C13H20N2O2S/c1-2-17-12(16)7-6-11-9-18-13(15-11)14-8-10-4-3-5-10/h9-10H,2-8H2,1H3,(H,14,15). The minimum atomic E-state index is -0.144. The van der Waals surface area contributed by atoms with Crippen LogP contribution in [0.15, 0.2) is 5.38 Å². The summed E-state index contributed by atoms with van der Waals surface area (Å²) in [6.07, 6.45) is 5.14. The van der Waals surface area contributed by atoms with Gasteiger partial charge >= 0.3 is 5.97 Å². The van der Waals surface area contributed by atoms with Gasteiger partial charge in [0.1, 0.15) is 0 Å². The van der Waals surface area contributed by atoms with Gasteiger partial charge in [0.15, 0.2) is 5.13 Å². The third-order valence-corrected chi connectivity index (χ3v) is 4.06. The zero-order valence-electron chi connectivity index (χ0n) is 10.8. The van der Waals surface area contributed by atoms with E-state index >= 15 is 0 Å². The first-order chi connectivity index (χ1) is 8.78. The van der Waals surface area contributed by atoms with E-state index in [1.807, 2.05) is 12.3 Å². The van der Waals surface area contributed by atoms with Gasteiger partial charge < -0.3 is 10.1 Å².